The summed E-state index contributed by atoms with van der Waals surface area (Å²) in [4.78, 5) is 0. The van der Waals surface area contributed by atoms with Gasteiger partial charge in [-0.2, -0.15) is 23.5 Å². The second kappa shape index (κ2) is 6.78. The topological polar surface area (TPSA) is 38.7 Å². The monoisotopic (exact) mass is 318 g/mol. The van der Waals surface area contributed by atoms with Gasteiger partial charge in [0.2, 0.25) is 0 Å². The van der Waals surface area contributed by atoms with Gasteiger partial charge in [-0.15, -0.1) is 0 Å². The third kappa shape index (κ3) is 3.32. The fourth-order valence-electron chi connectivity index (χ4n) is 3.74. The van der Waals surface area contributed by atoms with Crippen LogP contribution >= 0.6 is 23.5 Å². The Morgan fingerprint density at radius 3 is 2.65 bits per heavy atom. The van der Waals surface area contributed by atoms with E-state index < -0.39 is 0 Å². The number of hydrogen-bond donors (Lipinski definition) is 1. The molecule has 0 radical (unpaired) electrons. The van der Waals surface area contributed by atoms with Crippen molar-refractivity contribution in [3.8, 4) is 0 Å². The van der Waals surface area contributed by atoms with Gasteiger partial charge in [0.1, 0.15) is 0 Å². The molecule has 20 heavy (non-hydrogen) atoms. The minimum absolute atomic E-state index is 0.00212. The Hall–Kier alpha value is 0.580. The third-order valence-corrected chi connectivity index (χ3v) is 8.19. The van der Waals surface area contributed by atoms with Gasteiger partial charge in [-0.3, -0.25) is 0 Å². The number of aliphatic hydroxyl groups is 1. The summed E-state index contributed by atoms with van der Waals surface area (Å²) in [5.74, 6) is 2.81. The lowest BCUT2D eigenvalue weighted by Crippen LogP contribution is -2.49. The molecule has 3 heterocycles. The highest BCUT2D eigenvalue weighted by Gasteiger charge is 2.43. The first-order chi connectivity index (χ1) is 9.70. The first-order valence-corrected chi connectivity index (χ1v) is 9.93. The summed E-state index contributed by atoms with van der Waals surface area (Å²) in [7, 11) is 0. The second-order valence-electron chi connectivity index (χ2n) is 6.30. The third-order valence-electron chi connectivity index (χ3n) is 4.99. The molecule has 0 bridgehead atoms. The minimum atomic E-state index is -0.175. The molecule has 5 heteroatoms. The predicted octanol–water partition coefficient (Wildman–Crippen LogP) is 2.56. The molecule has 0 aliphatic carbocycles. The number of hydrogen-bond acceptors (Lipinski definition) is 5. The van der Waals surface area contributed by atoms with Gasteiger partial charge in [0.25, 0.3) is 0 Å². The van der Waals surface area contributed by atoms with E-state index in [0.717, 1.165) is 45.5 Å². The molecular weight excluding hydrogens is 292 g/mol. The van der Waals surface area contributed by atoms with Crippen LogP contribution in [0.5, 0.6) is 0 Å². The zero-order valence-corrected chi connectivity index (χ0v) is 13.9. The molecule has 3 rings (SSSR count). The lowest BCUT2D eigenvalue weighted by Gasteiger charge is -2.46. The average molecular weight is 319 g/mol. The van der Waals surface area contributed by atoms with Crippen molar-refractivity contribution in [2.45, 2.75) is 54.8 Å². The fraction of sp³-hybridized carbons (Fsp3) is 1.00. The van der Waals surface area contributed by atoms with Crippen molar-refractivity contribution in [2.24, 2.45) is 5.92 Å². The van der Waals surface area contributed by atoms with Crippen molar-refractivity contribution in [2.75, 3.05) is 31.3 Å². The van der Waals surface area contributed by atoms with E-state index in [0.29, 0.717) is 16.4 Å². The largest absolute Gasteiger partial charge is 0.392 e. The smallest absolute Gasteiger partial charge is 0.0730 e. The number of ether oxygens (including phenoxy) is 2. The molecule has 1 spiro atoms. The molecule has 3 aliphatic heterocycles. The number of thioether (sulfide) groups is 2. The molecule has 0 aromatic carbocycles. The van der Waals surface area contributed by atoms with Crippen LogP contribution in [0.3, 0.4) is 0 Å². The molecule has 4 unspecified atom stereocenters. The van der Waals surface area contributed by atoms with Crippen molar-refractivity contribution < 1.29 is 14.6 Å². The van der Waals surface area contributed by atoms with Gasteiger partial charge in [-0.05, 0) is 31.6 Å². The van der Waals surface area contributed by atoms with Gasteiger partial charge >= 0.3 is 0 Å². The first kappa shape index (κ1) is 15.5. The van der Waals surface area contributed by atoms with E-state index in [9.17, 15) is 5.11 Å². The minimum Gasteiger partial charge on any atom is -0.392 e. The molecule has 3 fully saturated rings. The Bertz CT molecular complexity index is 315. The van der Waals surface area contributed by atoms with Gasteiger partial charge in [0.15, 0.2) is 0 Å². The summed E-state index contributed by atoms with van der Waals surface area (Å²) >= 11 is 3.99. The predicted molar refractivity (Wildman–Crippen MR) is 85.6 cm³/mol. The van der Waals surface area contributed by atoms with Crippen LogP contribution in [-0.2, 0) is 9.47 Å². The highest BCUT2D eigenvalue weighted by atomic mass is 32.2. The van der Waals surface area contributed by atoms with Crippen molar-refractivity contribution in [3.63, 3.8) is 0 Å². The van der Waals surface area contributed by atoms with Crippen LogP contribution in [0.1, 0.15) is 32.6 Å². The molecule has 116 valence electrons. The molecule has 0 saturated carbocycles. The van der Waals surface area contributed by atoms with E-state index in [1.54, 1.807) is 0 Å². The van der Waals surface area contributed by atoms with E-state index in [1.165, 1.54) is 11.5 Å². The lowest BCUT2D eigenvalue weighted by molar-refractivity contribution is -0.158. The molecule has 3 aliphatic rings. The normalized spacial score (nSPS) is 39.6. The van der Waals surface area contributed by atoms with Crippen LogP contribution in [0.2, 0.25) is 0 Å². The van der Waals surface area contributed by atoms with E-state index in [2.05, 4.69) is 6.92 Å². The molecular formula is C15H26O3S2. The van der Waals surface area contributed by atoms with Crippen molar-refractivity contribution in [3.05, 3.63) is 0 Å². The maximum atomic E-state index is 10.9. The molecule has 0 aromatic heterocycles. The number of aliphatic hydroxyl groups excluding tert-OH is 1. The number of rotatable bonds is 2. The summed E-state index contributed by atoms with van der Waals surface area (Å²) in [6, 6.07) is 0. The Labute approximate surface area is 130 Å². The Morgan fingerprint density at radius 2 is 1.90 bits per heavy atom. The van der Waals surface area contributed by atoms with Crippen LogP contribution in [0.25, 0.3) is 0 Å². The highest BCUT2D eigenvalue weighted by molar-refractivity contribution is 8.07. The maximum absolute atomic E-state index is 10.9. The molecule has 4 atom stereocenters. The van der Waals surface area contributed by atoms with Gasteiger partial charge in [-0.1, -0.05) is 6.92 Å². The summed E-state index contributed by atoms with van der Waals surface area (Å²) in [5, 5.41) is 11.8. The lowest BCUT2D eigenvalue weighted by atomic mass is 9.77. The van der Waals surface area contributed by atoms with Gasteiger partial charge < -0.3 is 14.6 Å². The summed E-state index contributed by atoms with van der Waals surface area (Å²) in [6.45, 7) is 4.70. The molecule has 0 amide bonds. The van der Waals surface area contributed by atoms with Gasteiger partial charge in [-0.25, -0.2) is 0 Å². The maximum Gasteiger partial charge on any atom is 0.0730 e. The van der Waals surface area contributed by atoms with Crippen LogP contribution in [0.4, 0.5) is 0 Å². The van der Waals surface area contributed by atoms with Gasteiger partial charge in [0, 0.05) is 41.8 Å². The summed E-state index contributed by atoms with van der Waals surface area (Å²) in [5.41, 5.74) is -0.00212. The molecule has 3 saturated heterocycles. The van der Waals surface area contributed by atoms with Gasteiger partial charge in [0.05, 0.1) is 11.7 Å². The van der Waals surface area contributed by atoms with Crippen molar-refractivity contribution >= 4 is 23.5 Å². The highest BCUT2D eigenvalue weighted by Crippen LogP contribution is 2.42. The fourth-order valence-corrected chi connectivity index (χ4v) is 6.67. The van der Waals surface area contributed by atoms with Crippen molar-refractivity contribution in [1.82, 2.24) is 0 Å². The Kier molecular flexibility index (Phi) is 5.24. The first-order valence-electron chi connectivity index (χ1n) is 7.83. The summed E-state index contributed by atoms with van der Waals surface area (Å²) < 4.78 is 11.6. The SMILES string of the molecule is CC1SCCSC1C(O)C1CCOC2(CCOCC2)C1. The van der Waals surface area contributed by atoms with Crippen LogP contribution < -0.4 is 0 Å². The quantitative estimate of drug-likeness (QED) is 0.847. The molecule has 3 nitrogen and oxygen atoms in total. The van der Waals surface area contributed by atoms with E-state index in [-0.39, 0.29) is 11.7 Å². The molecule has 0 aromatic rings. The van der Waals surface area contributed by atoms with E-state index in [1.807, 2.05) is 23.5 Å². The Morgan fingerprint density at radius 1 is 1.15 bits per heavy atom. The van der Waals surface area contributed by atoms with E-state index in [4.69, 9.17) is 9.47 Å². The standard InChI is InChI=1S/C15H26O3S2/c1-11-14(20-9-8-19-11)13(16)12-2-5-18-15(10-12)3-6-17-7-4-15/h11-14,16H,2-10H2,1H3. The average Bonchev–Trinajstić information content (AvgIpc) is 2.48. The van der Waals surface area contributed by atoms with E-state index >= 15 is 0 Å². The Balaban J connectivity index is 1.63. The van der Waals surface area contributed by atoms with Crippen molar-refractivity contribution in [1.29, 1.82) is 0 Å². The summed E-state index contributed by atoms with van der Waals surface area (Å²) in [6.07, 6.45) is 3.85. The van der Waals surface area contributed by atoms with Crippen LogP contribution in [0, 0.1) is 5.92 Å². The van der Waals surface area contributed by atoms with Crippen LogP contribution in [-0.4, -0.2) is 58.6 Å². The van der Waals surface area contributed by atoms with Crippen LogP contribution in [0.15, 0.2) is 0 Å². The molecule has 1 N–H and O–H groups in total. The second-order valence-corrected chi connectivity index (χ2v) is 9.07. The zero-order valence-electron chi connectivity index (χ0n) is 12.3. The zero-order chi connectivity index (χ0) is 14.0.